The minimum Gasteiger partial charge on any atom is -0.414 e. The summed E-state index contributed by atoms with van der Waals surface area (Å²) in [6, 6.07) is 11.7. The fourth-order valence-electron chi connectivity index (χ4n) is 5.34. The van der Waals surface area contributed by atoms with Gasteiger partial charge in [-0.2, -0.15) is 0 Å². The predicted octanol–water partition coefficient (Wildman–Crippen LogP) is 6.20. The fourth-order valence-corrected chi connectivity index (χ4v) is 7.51. The van der Waals surface area contributed by atoms with Gasteiger partial charge in [0.1, 0.15) is 5.58 Å². The first-order chi connectivity index (χ1) is 16.4. The zero-order valence-electron chi connectivity index (χ0n) is 19.1. The summed E-state index contributed by atoms with van der Waals surface area (Å²) in [5.74, 6) is -0.258. The molecule has 0 radical (unpaired) electrons. The second kappa shape index (κ2) is 9.66. The molecule has 0 unspecified atom stereocenters. The first kappa shape index (κ1) is 23.3. The Morgan fingerprint density at radius 1 is 0.882 bits per heavy atom. The van der Waals surface area contributed by atoms with Crippen molar-refractivity contribution in [2.45, 2.75) is 75.0 Å². The third-order valence-electron chi connectivity index (χ3n) is 7.20. The molecule has 0 bridgehead atoms. The fraction of sp³-hybridized carbons (Fsp3) is 0.462. The maximum atomic E-state index is 13.9. The van der Waals surface area contributed by atoms with E-state index in [1.165, 1.54) is 19.3 Å². The lowest BCUT2D eigenvalue weighted by Crippen LogP contribution is -2.41. The molecule has 0 saturated heterocycles. The molecule has 2 saturated carbocycles. The van der Waals surface area contributed by atoms with Gasteiger partial charge in [0.25, 0.3) is 10.0 Å². The maximum Gasteiger partial charge on any atom is 0.396 e. The average molecular weight is 500 g/mol. The zero-order chi connectivity index (χ0) is 23.7. The van der Waals surface area contributed by atoms with E-state index in [4.69, 9.17) is 4.42 Å². The topological polar surface area (TPSA) is 84.7 Å². The van der Waals surface area contributed by atoms with Crippen molar-refractivity contribution in [3.63, 3.8) is 0 Å². The molecular weight excluding hydrogens is 470 g/mol. The number of hydrogen-bond acceptors (Lipinski definition) is 6. The third kappa shape index (κ3) is 4.58. The highest BCUT2D eigenvalue weighted by Gasteiger charge is 2.36. The normalized spacial score (nSPS) is 18.2. The molecule has 0 aliphatic heterocycles. The number of benzene rings is 2. The van der Waals surface area contributed by atoms with Crippen LogP contribution in [0.5, 0.6) is 0 Å². The van der Waals surface area contributed by atoms with Gasteiger partial charge in [-0.3, -0.25) is 4.79 Å². The molecule has 1 amide bonds. The van der Waals surface area contributed by atoms with Crippen LogP contribution in [0.3, 0.4) is 0 Å². The van der Waals surface area contributed by atoms with Crippen LogP contribution in [0.4, 0.5) is 5.69 Å². The molecule has 2 aliphatic carbocycles. The van der Waals surface area contributed by atoms with Crippen molar-refractivity contribution >= 4 is 43.2 Å². The van der Waals surface area contributed by atoms with Crippen molar-refractivity contribution in [3.05, 3.63) is 57.8 Å². The van der Waals surface area contributed by atoms with E-state index in [1.54, 1.807) is 30.3 Å². The maximum absolute atomic E-state index is 13.9. The van der Waals surface area contributed by atoms with Crippen LogP contribution in [0.25, 0.3) is 10.3 Å². The number of anilines is 1. The highest BCUT2D eigenvalue weighted by molar-refractivity contribution is 7.93. The molecule has 2 aromatic carbocycles. The Balaban J connectivity index is 1.53. The smallest absolute Gasteiger partial charge is 0.396 e. The van der Waals surface area contributed by atoms with Crippen LogP contribution in [-0.4, -0.2) is 14.3 Å². The number of carbonyl (C=O) groups excluding carboxylic acids is 1. The van der Waals surface area contributed by atoms with Crippen molar-refractivity contribution in [2.75, 3.05) is 4.31 Å². The molecule has 1 heterocycles. The van der Waals surface area contributed by atoms with Crippen molar-refractivity contribution in [2.24, 2.45) is 5.92 Å². The van der Waals surface area contributed by atoms with E-state index in [1.807, 2.05) is 12.1 Å². The zero-order valence-corrected chi connectivity index (χ0v) is 20.7. The number of fused-ring (bicyclic) bond motifs is 1. The molecule has 6 nitrogen and oxygen atoms in total. The van der Waals surface area contributed by atoms with Gasteiger partial charge >= 0.3 is 4.94 Å². The Kier molecular flexibility index (Phi) is 6.62. The molecule has 5 rings (SSSR count). The van der Waals surface area contributed by atoms with Crippen LogP contribution in [0.15, 0.2) is 56.6 Å². The van der Waals surface area contributed by atoms with E-state index in [0.29, 0.717) is 29.0 Å². The summed E-state index contributed by atoms with van der Waals surface area (Å²) in [5.41, 5.74) is 1.79. The van der Waals surface area contributed by atoms with Crippen LogP contribution in [0, 0.1) is 5.92 Å². The lowest BCUT2D eigenvalue weighted by Gasteiger charge is -2.29. The Hall–Kier alpha value is -2.45. The van der Waals surface area contributed by atoms with E-state index in [2.05, 4.69) is 0 Å². The van der Waals surface area contributed by atoms with Gasteiger partial charge in [0, 0.05) is 5.92 Å². The number of hydrogen-bond donors (Lipinski definition) is 0. The van der Waals surface area contributed by atoms with Crippen molar-refractivity contribution in [1.82, 2.24) is 0 Å². The van der Waals surface area contributed by atoms with E-state index in [-0.39, 0.29) is 16.5 Å². The molecule has 34 heavy (non-hydrogen) atoms. The molecule has 0 atom stereocenters. The summed E-state index contributed by atoms with van der Waals surface area (Å²) in [6.45, 7) is 0. The van der Waals surface area contributed by atoms with Crippen LogP contribution in [-0.2, 0) is 14.8 Å². The van der Waals surface area contributed by atoms with E-state index in [0.717, 1.165) is 53.3 Å². The van der Waals surface area contributed by atoms with Gasteiger partial charge in [0.15, 0.2) is 0 Å². The van der Waals surface area contributed by atoms with Gasteiger partial charge in [-0.15, -0.1) is 0 Å². The minimum absolute atomic E-state index is 0.108. The highest BCUT2D eigenvalue weighted by atomic mass is 32.2. The van der Waals surface area contributed by atoms with Gasteiger partial charge in [-0.05, 0) is 67.5 Å². The molecule has 8 heteroatoms. The predicted molar refractivity (Wildman–Crippen MR) is 134 cm³/mol. The minimum atomic E-state index is -4.13. The quantitative estimate of drug-likeness (QED) is 0.417. The number of carbonyl (C=O) groups is 1. The molecule has 0 N–H and O–H groups in total. The molecule has 180 valence electrons. The van der Waals surface area contributed by atoms with Gasteiger partial charge in [-0.1, -0.05) is 62.0 Å². The molecule has 2 fully saturated rings. The number of sulfonamides is 1. The molecular formula is C26H29NO5S2. The largest absolute Gasteiger partial charge is 0.414 e. The summed E-state index contributed by atoms with van der Waals surface area (Å²) in [5, 5.41) is 0. The third-order valence-corrected chi connectivity index (χ3v) is 9.73. The number of rotatable bonds is 5. The summed E-state index contributed by atoms with van der Waals surface area (Å²) < 4.78 is 34.3. The molecule has 1 aromatic heterocycles. The number of amides is 1. The first-order valence-corrected chi connectivity index (χ1v) is 14.4. The summed E-state index contributed by atoms with van der Waals surface area (Å²) in [7, 11) is -4.13. The summed E-state index contributed by atoms with van der Waals surface area (Å²) in [4.78, 5) is 25.0. The molecule has 0 spiro atoms. The van der Waals surface area contributed by atoms with E-state index in [9.17, 15) is 18.0 Å². The Labute approximate surface area is 203 Å². The van der Waals surface area contributed by atoms with Gasteiger partial charge in [0.05, 0.1) is 15.3 Å². The lowest BCUT2D eigenvalue weighted by atomic mass is 9.84. The molecule has 2 aliphatic rings. The second-order valence-corrected chi connectivity index (χ2v) is 12.2. The van der Waals surface area contributed by atoms with E-state index >= 15 is 0 Å². The Bertz CT molecular complexity index is 1330. The van der Waals surface area contributed by atoms with Crippen molar-refractivity contribution < 1.29 is 17.6 Å². The van der Waals surface area contributed by atoms with Gasteiger partial charge < -0.3 is 4.42 Å². The van der Waals surface area contributed by atoms with Crippen LogP contribution < -0.4 is 9.24 Å². The van der Waals surface area contributed by atoms with E-state index < -0.39 is 20.9 Å². The monoisotopic (exact) mass is 499 g/mol. The van der Waals surface area contributed by atoms with Crippen molar-refractivity contribution in [3.8, 4) is 0 Å². The standard InChI is InChI=1S/C26H29NO5S2/c28-25(20-9-5-2-6-10-20)27(21-13-16-23-24(17-21)33-26(29)32-23)34(30,31)22-14-11-19(12-15-22)18-7-3-1-4-8-18/h11-18,20H,1-10H2. The van der Waals surface area contributed by atoms with Gasteiger partial charge in [-0.25, -0.2) is 17.5 Å². The Morgan fingerprint density at radius 2 is 1.53 bits per heavy atom. The number of nitrogens with zero attached hydrogens (tertiary/aromatic N) is 1. The SMILES string of the molecule is O=C(C1CCCCC1)N(c1ccc2oc(=O)sc2c1)S(=O)(=O)c1ccc(C2CCCCC2)cc1. The second-order valence-electron chi connectivity index (χ2n) is 9.43. The van der Waals surface area contributed by atoms with Crippen molar-refractivity contribution in [1.29, 1.82) is 0 Å². The Morgan fingerprint density at radius 3 is 2.21 bits per heavy atom. The highest BCUT2D eigenvalue weighted by Crippen LogP contribution is 2.36. The summed E-state index contributed by atoms with van der Waals surface area (Å²) >= 11 is 0.900. The lowest BCUT2D eigenvalue weighted by molar-refractivity contribution is -0.122. The van der Waals surface area contributed by atoms with Crippen LogP contribution >= 0.6 is 11.3 Å². The average Bonchev–Trinajstić information content (AvgIpc) is 3.24. The molecule has 3 aromatic rings. The van der Waals surface area contributed by atoms with Crippen LogP contribution in [0.1, 0.15) is 75.7 Å². The van der Waals surface area contributed by atoms with Gasteiger partial charge in [0.2, 0.25) is 5.91 Å². The summed E-state index contributed by atoms with van der Waals surface area (Å²) in [6.07, 6.45) is 10.2. The van der Waals surface area contributed by atoms with Crippen LogP contribution in [0.2, 0.25) is 0 Å². The first-order valence-electron chi connectivity index (χ1n) is 12.2.